The van der Waals surface area contributed by atoms with Gasteiger partial charge in [0, 0.05) is 18.3 Å². The predicted molar refractivity (Wildman–Crippen MR) is 77.5 cm³/mol. The molecule has 1 N–H and O–H groups in total. The fraction of sp³-hybridized carbons (Fsp3) is 0.333. The number of ether oxygens (including phenoxy) is 1. The lowest BCUT2D eigenvalue weighted by Crippen LogP contribution is -1.99. The topological polar surface area (TPSA) is 47.0 Å². The van der Waals surface area contributed by atoms with Gasteiger partial charge in [0.15, 0.2) is 0 Å². The van der Waals surface area contributed by atoms with Crippen LogP contribution >= 0.6 is 0 Å². The molecule has 0 saturated heterocycles. The third kappa shape index (κ3) is 3.44. The Labute approximate surface area is 113 Å². The molecule has 4 heteroatoms. The lowest BCUT2D eigenvalue weighted by Gasteiger charge is -2.07. The highest BCUT2D eigenvalue weighted by Gasteiger charge is 2.04. The van der Waals surface area contributed by atoms with Gasteiger partial charge in [0.2, 0.25) is 5.95 Å². The fourth-order valence-corrected chi connectivity index (χ4v) is 1.77. The van der Waals surface area contributed by atoms with Crippen LogP contribution in [0, 0.1) is 6.92 Å². The predicted octanol–water partition coefficient (Wildman–Crippen LogP) is 3.28. The zero-order chi connectivity index (χ0) is 13.7. The maximum atomic E-state index is 5.57. The molecule has 0 aliphatic carbocycles. The molecule has 1 aromatic carbocycles. The van der Waals surface area contributed by atoms with Gasteiger partial charge in [0.25, 0.3) is 0 Å². The van der Waals surface area contributed by atoms with Gasteiger partial charge < -0.3 is 10.1 Å². The number of anilines is 1. The number of hydrogen-bond donors (Lipinski definition) is 1. The molecule has 1 heterocycles. The number of hydrogen-bond acceptors (Lipinski definition) is 4. The standard InChI is InChI=1S/C15H19N3O/c1-4-9-19-13-7-5-12(6-8-13)14-10-11(2)17-15(16-3)18-14/h5-8,10H,4,9H2,1-3H3,(H,16,17,18). The molecule has 1 aromatic heterocycles. The zero-order valence-corrected chi connectivity index (χ0v) is 11.6. The lowest BCUT2D eigenvalue weighted by molar-refractivity contribution is 0.317. The Morgan fingerprint density at radius 2 is 1.89 bits per heavy atom. The number of aromatic nitrogens is 2. The molecule has 0 amide bonds. The molecule has 0 atom stereocenters. The van der Waals surface area contributed by atoms with Crippen LogP contribution in [0.25, 0.3) is 11.3 Å². The van der Waals surface area contributed by atoms with E-state index >= 15 is 0 Å². The minimum Gasteiger partial charge on any atom is -0.494 e. The number of rotatable bonds is 5. The first-order valence-corrected chi connectivity index (χ1v) is 6.49. The first-order valence-electron chi connectivity index (χ1n) is 6.49. The van der Waals surface area contributed by atoms with Crippen LogP contribution in [0.1, 0.15) is 19.0 Å². The molecule has 19 heavy (non-hydrogen) atoms. The van der Waals surface area contributed by atoms with E-state index in [2.05, 4.69) is 22.2 Å². The Morgan fingerprint density at radius 1 is 1.16 bits per heavy atom. The van der Waals surface area contributed by atoms with Gasteiger partial charge in [-0.2, -0.15) is 0 Å². The van der Waals surface area contributed by atoms with Gasteiger partial charge in [-0.3, -0.25) is 0 Å². The number of nitrogens with zero attached hydrogens (tertiary/aromatic N) is 2. The van der Waals surface area contributed by atoms with Crippen molar-refractivity contribution in [3.63, 3.8) is 0 Å². The third-order valence-electron chi connectivity index (χ3n) is 2.70. The highest BCUT2D eigenvalue weighted by Crippen LogP contribution is 2.22. The van der Waals surface area contributed by atoms with Crippen molar-refractivity contribution in [2.75, 3.05) is 19.0 Å². The van der Waals surface area contributed by atoms with Crippen LogP contribution in [-0.2, 0) is 0 Å². The molecular formula is C15H19N3O. The van der Waals surface area contributed by atoms with Crippen molar-refractivity contribution < 1.29 is 4.74 Å². The van der Waals surface area contributed by atoms with E-state index in [1.54, 1.807) is 0 Å². The van der Waals surface area contributed by atoms with Crippen molar-refractivity contribution in [2.45, 2.75) is 20.3 Å². The molecule has 2 aromatic rings. The highest BCUT2D eigenvalue weighted by atomic mass is 16.5. The summed E-state index contributed by atoms with van der Waals surface area (Å²) in [5.74, 6) is 1.53. The van der Waals surface area contributed by atoms with Crippen LogP contribution in [-0.4, -0.2) is 23.6 Å². The van der Waals surface area contributed by atoms with Crippen molar-refractivity contribution >= 4 is 5.95 Å². The summed E-state index contributed by atoms with van der Waals surface area (Å²) in [5.41, 5.74) is 2.92. The Balaban J connectivity index is 2.24. The summed E-state index contributed by atoms with van der Waals surface area (Å²) in [4.78, 5) is 8.74. The molecule has 0 radical (unpaired) electrons. The quantitative estimate of drug-likeness (QED) is 0.893. The molecule has 0 bridgehead atoms. The summed E-state index contributed by atoms with van der Waals surface area (Å²) in [5, 5.41) is 2.97. The lowest BCUT2D eigenvalue weighted by atomic mass is 10.1. The molecule has 0 unspecified atom stereocenters. The normalized spacial score (nSPS) is 10.3. The van der Waals surface area contributed by atoms with Gasteiger partial charge in [-0.1, -0.05) is 6.92 Å². The summed E-state index contributed by atoms with van der Waals surface area (Å²) in [7, 11) is 1.82. The second-order valence-corrected chi connectivity index (χ2v) is 4.34. The second-order valence-electron chi connectivity index (χ2n) is 4.34. The highest BCUT2D eigenvalue weighted by molar-refractivity contribution is 5.61. The second kappa shape index (κ2) is 6.18. The third-order valence-corrected chi connectivity index (χ3v) is 2.70. The summed E-state index contributed by atoms with van der Waals surface area (Å²) in [6, 6.07) is 9.96. The number of nitrogens with one attached hydrogen (secondary N) is 1. The Morgan fingerprint density at radius 3 is 2.53 bits per heavy atom. The van der Waals surface area contributed by atoms with Crippen LogP contribution in [0.15, 0.2) is 30.3 Å². The Hall–Kier alpha value is -2.10. The number of benzene rings is 1. The van der Waals surface area contributed by atoms with E-state index in [1.165, 1.54) is 0 Å². The summed E-state index contributed by atoms with van der Waals surface area (Å²) >= 11 is 0. The molecule has 0 spiro atoms. The molecule has 0 aliphatic heterocycles. The van der Waals surface area contributed by atoms with Crippen LogP contribution in [0.2, 0.25) is 0 Å². The van der Waals surface area contributed by atoms with Gasteiger partial charge >= 0.3 is 0 Å². The van der Waals surface area contributed by atoms with Crippen molar-refractivity contribution in [3.05, 3.63) is 36.0 Å². The number of aryl methyl sites for hydroxylation is 1. The van der Waals surface area contributed by atoms with E-state index < -0.39 is 0 Å². The van der Waals surface area contributed by atoms with E-state index in [0.717, 1.165) is 35.7 Å². The summed E-state index contributed by atoms with van der Waals surface area (Å²) in [6.45, 7) is 4.80. The van der Waals surface area contributed by atoms with Crippen molar-refractivity contribution in [1.82, 2.24) is 9.97 Å². The average molecular weight is 257 g/mol. The van der Waals surface area contributed by atoms with Crippen molar-refractivity contribution in [1.29, 1.82) is 0 Å². The zero-order valence-electron chi connectivity index (χ0n) is 11.6. The van der Waals surface area contributed by atoms with E-state index in [-0.39, 0.29) is 0 Å². The fourth-order valence-electron chi connectivity index (χ4n) is 1.77. The van der Waals surface area contributed by atoms with Crippen LogP contribution < -0.4 is 10.1 Å². The van der Waals surface area contributed by atoms with Gasteiger partial charge in [-0.25, -0.2) is 9.97 Å². The van der Waals surface area contributed by atoms with Gasteiger partial charge in [-0.15, -0.1) is 0 Å². The summed E-state index contributed by atoms with van der Waals surface area (Å²) < 4.78 is 5.57. The first kappa shape index (κ1) is 13.3. The van der Waals surface area contributed by atoms with Crippen LogP contribution in [0.3, 0.4) is 0 Å². The molecular weight excluding hydrogens is 238 g/mol. The van der Waals surface area contributed by atoms with E-state index in [9.17, 15) is 0 Å². The van der Waals surface area contributed by atoms with Crippen molar-refractivity contribution in [2.24, 2.45) is 0 Å². The minimum atomic E-state index is 0.640. The molecule has 4 nitrogen and oxygen atoms in total. The van der Waals surface area contributed by atoms with Gasteiger partial charge in [0.05, 0.1) is 12.3 Å². The SMILES string of the molecule is CCCOc1ccc(-c2cc(C)nc(NC)n2)cc1. The molecule has 100 valence electrons. The largest absolute Gasteiger partial charge is 0.494 e. The van der Waals surface area contributed by atoms with E-state index in [1.807, 2.05) is 44.3 Å². The molecule has 0 fully saturated rings. The van der Waals surface area contributed by atoms with Crippen LogP contribution in [0.4, 0.5) is 5.95 Å². The maximum absolute atomic E-state index is 5.57. The minimum absolute atomic E-state index is 0.640. The monoisotopic (exact) mass is 257 g/mol. The summed E-state index contributed by atoms with van der Waals surface area (Å²) in [6.07, 6.45) is 1.01. The van der Waals surface area contributed by atoms with Crippen LogP contribution in [0.5, 0.6) is 5.75 Å². The van der Waals surface area contributed by atoms with Gasteiger partial charge in [-0.05, 0) is 43.7 Å². The smallest absolute Gasteiger partial charge is 0.223 e. The maximum Gasteiger partial charge on any atom is 0.223 e. The Kier molecular flexibility index (Phi) is 4.34. The molecule has 0 saturated carbocycles. The van der Waals surface area contributed by atoms with E-state index in [4.69, 9.17) is 4.74 Å². The average Bonchev–Trinajstić information content (AvgIpc) is 2.45. The van der Waals surface area contributed by atoms with E-state index in [0.29, 0.717) is 5.95 Å². The Bertz CT molecular complexity index is 538. The molecule has 2 rings (SSSR count). The first-order chi connectivity index (χ1) is 9.22. The molecule has 0 aliphatic rings. The van der Waals surface area contributed by atoms with Gasteiger partial charge in [0.1, 0.15) is 5.75 Å². The van der Waals surface area contributed by atoms with Crippen molar-refractivity contribution in [3.8, 4) is 17.0 Å².